The Hall–Kier alpha value is -1.68. The van der Waals surface area contributed by atoms with Gasteiger partial charge in [-0.2, -0.15) is 0 Å². The Balaban J connectivity index is 2.34. The first-order valence-corrected chi connectivity index (χ1v) is 9.93. The standard InChI is InChI=1S/C21H24BrNO2/c1-3-5-13-21(14-6-4-2)17-10-8-7-9-15(17)16-11-12-18(22)20(19(16)21)23(24)25/h7-12H,3-6,13-14H2,1-2H3. The summed E-state index contributed by atoms with van der Waals surface area (Å²) in [5.74, 6) is 0. The number of nitro benzene ring substituents is 1. The predicted octanol–water partition coefficient (Wildman–Crippen LogP) is 7.00. The smallest absolute Gasteiger partial charge is 0.258 e. The van der Waals surface area contributed by atoms with Gasteiger partial charge in [-0.3, -0.25) is 10.1 Å². The van der Waals surface area contributed by atoms with Gasteiger partial charge < -0.3 is 0 Å². The van der Waals surface area contributed by atoms with Crippen LogP contribution < -0.4 is 0 Å². The normalized spacial score (nSPS) is 14.2. The van der Waals surface area contributed by atoms with Gasteiger partial charge in [0, 0.05) is 11.0 Å². The maximum atomic E-state index is 11.9. The highest BCUT2D eigenvalue weighted by Gasteiger charge is 2.47. The van der Waals surface area contributed by atoms with E-state index in [4.69, 9.17) is 0 Å². The number of fused-ring (bicyclic) bond motifs is 3. The zero-order valence-electron chi connectivity index (χ0n) is 14.8. The Morgan fingerprint density at radius 1 is 1.00 bits per heavy atom. The van der Waals surface area contributed by atoms with E-state index in [1.807, 2.05) is 18.2 Å². The van der Waals surface area contributed by atoms with Gasteiger partial charge >= 0.3 is 0 Å². The van der Waals surface area contributed by atoms with Gasteiger partial charge in [0.2, 0.25) is 0 Å². The van der Waals surface area contributed by atoms with Crippen LogP contribution in [0.25, 0.3) is 11.1 Å². The largest absolute Gasteiger partial charge is 0.288 e. The second-order valence-electron chi connectivity index (χ2n) is 6.91. The van der Waals surface area contributed by atoms with E-state index >= 15 is 0 Å². The lowest BCUT2D eigenvalue weighted by Gasteiger charge is -2.32. The summed E-state index contributed by atoms with van der Waals surface area (Å²) in [5.41, 5.74) is 4.41. The lowest BCUT2D eigenvalue weighted by Crippen LogP contribution is -2.26. The molecule has 1 aliphatic rings. The molecule has 0 N–H and O–H groups in total. The fourth-order valence-electron chi connectivity index (χ4n) is 4.32. The van der Waals surface area contributed by atoms with Gasteiger partial charge in [0.25, 0.3) is 5.69 Å². The van der Waals surface area contributed by atoms with Crippen molar-refractivity contribution in [2.24, 2.45) is 0 Å². The van der Waals surface area contributed by atoms with E-state index in [0.29, 0.717) is 4.47 Å². The maximum absolute atomic E-state index is 11.9. The van der Waals surface area contributed by atoms with Gasteiger partial charge in [0.05, 0.1) is 9.40 Å². The number of unbranched alkanes of at least 4 members (excludes halogenated alkanes) is 2. The molecule has 0 bridgehead atoms. The number of hydrogen-bond donors (Lipinski definition) is 0. The highest BCUT2D eigenvalue weighted by atomic mass is 79.9. The van der Waals surface area contributed by atoms with Crippen LogP contribution in [0.5, 0.6) is 0 Å². The van der Waals surface area contributed by atoms with Crippen molar-refractivity contribution in [2.45, 2.75) is 57.8 Å². The third-order valence-corrected chi connectivity index (χ3v) is 6.08. The van der Waals surface area contributed by atoms with Gasteiger partial charge in [-0.05, 0) is 51.5 Å². The Morgan fingerprint density at radius 3 is 2.24 bits per heavy atom. The van der Waals surface area contributed by atoms with Crippen LogP contribution in [-0.2, 0) is 5.41 Å². The molecule has 2 aromatic rings. The summed E-state index contributed by atoms with van der Waals surface area (Å²) in [6.45, 7) is 4.37. The van der Waals surface area contributed by atoms with E-state index in [-0.39, 0.29) is 16.0 Å². The molecule has 2 aromatic carbocycles. The third kappa shape index (κ3) is 2.91. The molecule has 0 heterocycles. The Labute approximate surface area is 157 Å². The Morgan fingerprint density at radius 2 is 1.64 bits per heavy atom. The molecule has 3 nitrogen and oxygen atoms in total. The van der Waals surface area contributed by atoms with Crippen molar-refractivity contribution in [1.82, 2.24) is 0 Å². The van der Waals surface area contributed by atoms with E-state index in [2.05, 4.69) is 48.0 Å². The average Bonchev–Trinajstić information content (AvgIpc) is 2.88. The number of benzene rings is 2. The SMILES string of the molecule is CCCCC1(CCCC)c2ccccc2-c2ccc(Br)c([N+](=O)[O-])c21. The summed E-state index contributed by atoms with van der Waals surface area (Å²) in [4.78, 5) is 11.7. The molecule has 0 amide bonds. The van der Waals surface area contributed by atoms with Crippen LogP contribution in [0, 0.1) is 10.1 Å². The molecule has 25 heavy (non-hydrogen) atoms. The van der Waals surface area contributed by atoms with Crippen LogP contribution in [0.4, 0.5) is 5.69 Å². The van der Waals surface area contributed by atoms with Gasteiger partial charge in [0.15, 0.2) is 0 Å². The monoisotopic (exact) mass is 401 g/mol. The van der Waals surface area contributed by atoms with Crippen molar-refractivity contribution in [3.8, 4) is 11.1 Å². The summed E-state index contributed by atoms with van der Waals surface area (Å²) in [6, 6.07) is 12.3. The van der Waals surface area contributed by atoms with Crippen molar-refractivity contribution in [2.75, 3.05) is 0 Å². The molecule has 0 atom stereocenters. The molecule has 0 saturated carbocycles. The molecule has 0 radical (unpaired) electrons. The molecule has 0 aliphatic heterocycles. The molecule has 0 fully saturated rings. The average molecular weight is 402 g/mol. The van der Waals surface area contributed by atoms with E-state index in [1.165, 1.54) is 11.1 Å². The van der Waals surface area contributed by atoms with E-state index in [0.717, 1.165) is 49.7 Å². The van der Waals surface area contributed by atoms with Crippen LogP contribution in [0.2, 0.25) is 0 Å². The van der Waals surface area contributed by atoms with Gasteiger partial charge in [-0.1, -0.05) is 69.9 Å². The molecule has 0 unspecified atom stereocenters. The molecule has 1 aliphatic carbocycles. The maximum Gasteiger partial charge on any atom is 0.288 e. The first-order chi connectivity index (χ1) is 12.1. The number of nitrogens with zero attached hydrogens (tertiary/aromatic N) is 1. The number of halogens is 1. The van der Waals surface area contributed by atoms with Gasteiger partial charge in [-0.25, -0.2) is 0 Å². The zero-order valence-corrected chi connectivity index (χ0v) is 16.4. The van der Waals surface area contributed by atoms with Crippen LogP contribution >= 0.6 is 15.9 Å². The van der Waals surface area contributed by atoms with Gasteiger partial charge in [0.1, 0.15) is 0 Å². The van der Waals surface area contributed by atoms with Crippen LogP contribution in [-0.4, -0.2) is 4.92 Å². The minimum atomic E-state index is -0.246. The highest BCUT2D eigenvalue weighted by Crippen LogP contribution is 2.58. The van der Waals surface area contributed by atoms with Crippen LogP contribution in [0.15, 0.2) is 40.9 Å². The molecule has 3 rings (SSSR count). The van der Waals surface area contributed by atoms with Crippen LogP contribution in [0.3, 0.4) is 0 Å². The summed E-state index contributed by atoms with van der Waals surface area (Å²) >= 11 is 3.44. The fourth-order valence-corrected chi connectivity index (χ4v) is 4.80. The van der Waals surface area contributed by atoms with E-state index in [1.54, 1.807) is 0 Å². The van der Waals surface area contributed by atoms with Crippen molar-refractivity contribution in [1.29, 1.82) is 0 Å². The summed E-state index contributed by atoms with van der Waals surface area (Å²) in [6.07, 6.45) is 6.25. The lowest BCUT2D eigenvalue weighted by molar-refractivity contribution is -0.386. The third-order valence-electron chi connectivity index (χ3n) is 5.44. The fraction of sp³-hybridized carbons (Fsp3) is 0.429. The zero-order chi connectivity index (χ0) is 18.0. The Bertz CT molecular complexity index is 792. The topological polar surface area (TPSA) is 43.1 Å². The summed E-state index contributed by atoms with van der Waals surface area (Å²) in [5, 5.41) is 11.9. The summed E-state index contributed by atoms with van der Waals surface area (Å²) < 4.78 is 0.585. The molecule has 4 heteroatoms. The van der Waals surface area contributed by atoms with E-state index < -0.39 is 0 Å². The lowest BCUT2D eigenvalue weighted by atomic mass is 9.70. The minimum absolute atomic E-state index is 0.207. The number of hydrogen-bond acceptors (Lipinski definition) is 2. The van der Waals surface area contributed by atoms with Crippen molar-refractivity contribution in [3.63, 3.8) is 0 Å². The second-order valence-corrected chi connectivity index (χ2v) is 7.76. The second kappa shape index (κ2) is 7.28. The molecule has 0 aromatic heterocycles. The highest BCUT2D eigenvalue weighted by molar-refractivity contribution is 9.10. The molecular weight excluding hydrogens is 378 g/mol. The number of rotatable bonds is 7. The van der Waals surface area contributed by atoms with Crippen molar-refractivity contribution >= 4 is 21.6 Å². The predicted molar refractivity (Wildman–Crippen MR) is 106 cm³/mol. The molecule has 0 saturated heterocycles. The van der Waals surface area contributed by atoms with E-state index in [9.17, 15) is 10.1 Å². The van der Waals surface area contributed by atoms with Gasteiger partial charge in [-0.15, -0.1) is 0 Å². The Kier molecular flexibility index (Phi) is 5.28. The van der Waals surface area contributed by atoms with Crippen molar-refractivity contribution in [3.05, 3.63) is 62.1 Å². The molecular formula is C21H24BrNO2. The van der Waals surface area contributed by atoms with Crippen molar-refractivity contribution < 1.29 is 4.92 Å². The number of nitro groups is 1. The van der Waals surface area contributed by atoms with Crippen LogP contribution in [0.1, 0.15) is 63.5 Å². The molecule has 0 spiro atoms. The summed E-state index contributed by atoms with van der Waals surface area (Å²) in [7, 11) is 0. The first kappa shape index (κ1) is 18.1. The first-order valence-electron chi connectivity index (χ1n) is 9.14. The quantitative estimate of drug-likeness (QED) is 0.369. The minimum Gasteiger partial charge on any atom is -0.258 e. The molecule has 132 valence electrons.